The van der Waals surface area contributed by atoms with Crippen molar-refractivity contribution in [3.63, 3.8) is 0 Å². The van der Waals surface area contributed by atoms with Crippen molar-refractivity contribution < 1.29 is 9.59 Å². The average Bonchev–Trinajstić information content (AvgIpc) is 3.31. The van der Waals surface area contributed by atoms with Crippen molar-refractivity contribution in [1.29, 1.82) is 0 Å². The molecule has 8 nitrogen and oxygen atoms in total. The zero-order valence-corrected chi connectivity index (χ0v) is 18.3. The van der Waals surface area contributed by atoms with Crippen LogP contribution in [0.2, 0.25) is 0 Å². The number of hydrogen-bond acceptors (Lipinski definition) is 4. The number of likely N-dealkylation sites (tertiary alicyclic amines) is 1. The standard InChI is InChI=1S/C23H28N6O2/c1-14-7-5-6-8-19(14)20-10-21(26-25-20)23(31)28-12-18(13-28)22(30)24-11-17(4)29-16(3)9-15(2)27-29/h5-10,17-18H,11-13H2,1-4H3,(H,24,30)(H,25,26). The molecular formula is C23H28N6O2. The summed E-state index contributed by atoms with van der Waals surface area (Å²) in [5.74, 6) is -0.342. The van der Waals surface area contributed by atoms with Crippen LogP contribution in [0.3, 0.4) is 0 Å². The smallest absolute Gasteiger partial charge is 0.271 e. The number of rotatable bonds is 6. The second kappa shape index (κ2) is 8.37. The Morgan fingerprint density at radius 1 is 1.19 bits per heavy atom. The molecule has 1 fully saturated rings. The van der Waals surface area contributed by atoms with E-state index in [2.05, 4.69) is 20.6 Å². The van der Waals surface area contributed by atoms with Gasteiger partial charge in [-0.15, -0.1) is 0 Å². The van der Waals surface area contributed by atoms with Crippen molar-refractivity contribution in [1.82, 2.24) is 30.2 Å². The van der Waals surface area contributed by atoms with Gasteiger partial charge in [0.1, 0.15) is 5.69 Å². The average molecular weight is 421 g/mol. The third-order valence-corrected chi connectivity index (χ3v) is 5.80. The van der Waals surface area contributed by atoms with Crippen LogP contribution in [-0.4, -0.2) is 56.3 Å². The van der Waals surface area contributed by atoms with Crippen LogP contribution in [0.5, 0.6) is 0 Å². The molecule has 8 heteroatoms. The molecule has 0 aliphatic carbocycles. The highest BCUT2D eigenvalue weighted by molar-refractivity contribution is 5.95. The van der Waals surface area contributed by atoms with E-state index in [4.69, 9.17) is 0 Å². The summed E-state index contributed by atoms with van der Waals surface area (Å²) in [4.78, 5) is 26.9. The number of carbonyl (C=O) groups is 2. The Balaban J connectivity index is 1.29. The van der Waals surface area contributed by atoms with Crippen molar-refractivity contribution >= 4 is 11.8 Å². The van der Waals surface area contributed by atoms with Crippen LogP contribution in [0.15, 0.2) is 36.4 Å². The van der Waals surface area contributed by atoms with Crippen molar-refractivity contribution in [2.24, 2.45) is 5.92 Å². The minimum absolute atomic E-state index is 0.0253. The van der Waals surface area contributed by atoms with E-state index in [0.29, 0.717) is 25.3 Å². The molecular weight excluding hydrogens is 392 g/mol. The molecule has 2 amide bonds. The van der Waals surface area contributed by atoms with Crippen LogP contribution >= 0.6 is 0 Å². The van der Waals surface area contributed by atoms with Gasteiger partial charge >= 0.3 is 0 Å². The molecule has 0 radical (unpaired) electrons. The van der Waals surface area contributed by atoms with E-state index in [-0.39, 0.29) is 23.8 Å². The van der Waals surface area contributed by atoms with Gasteiger partial charge in [0.15, 0.2) is 0 Å². The van der Waals surface area contributed by atoms with Gasteiger partial charge in [-0.05, 0) is 45.4 Å². The van der Waals surface area contributed by atoms with Gasteiger partial charge in [-0.25, -0.2) is 0 Å². The molecule has 0 saturated carbocycles. The molecule has 1 unspecified atom stereocenters. The fourth-order valence-electron chi connectivity index (χ4n) is 3.98. The summed E-state index contributed by atoms with van der Waals surface area (Å²) in [6.07, 6.45) is 0. The van der Waals surface area contributed by atoms with Gasteiger partial charge < -0.3 is 10.2 Å². The molecule has 1 saturated heterocycles. The van der Waals surface area contributed by atoms with E-state index >= 15 is 0 Å². The maximum atomic E-state index is 12.7. The highest BCUT2D eigenvalue weighted by Crippen LogP contribution is 2.24. The summed E-state index contributed by atoms with van der Waals surface area (Å²) in [6.45, 7) is 9.34. The zero-order valence-electron chi connectivity index (χ0n) is 18.3. The van der Waals surface area contributed by atoms with Gasteiger partial charge in [-0.2, -0.15) is 10.2 Å². The van der Waals surface area contributed by atoms with Gasteiger partial charge in [0.05, 0.1) is 23.3 Å². The Hall–Kier alpha value is -3.42. The summed E-state index contributed by atoms with van der Waals surface area (Å²) >= 11 is 0. The molecule has 4 rings (SSSR count). The largest absolute Gasteiger partial charge is 0.354 e. The molecule has 162 valence electrons. The normalized spacial score (nSPS) is 14.9. The molecule has 1 aromatic carbocycles. The molecule has 3 aromatic rings. The van der Waals surface area contributed by atoms with E-state index in [1.54, 1.807) is 11.0 Å². The molecule has 31 heavy (non-hydrogen) atoms. The summed E-state index contributed by atoms with van der Waals surface area (Å²) in [7, 11) is 0. The van der Waals surface area contributed by atoms with E-state index in [0.717, 1.165) is 28.2 Å². The van der Waals surface area contributed by atoms with E-state index < -0.39 is 0 Å². The lowest BCUT2D eigenvalue weighted by Gasteiger charge is -2.38. The predicted octanol–water partition coefficient (Wildman–Crippen LogP) is 2.65. The predicted molar refractivity (Wildman–Crippen MR) is 118 cm³/mol. The number of H-pyrrole nitrogens is 1. The third kappa shape index (κ3) is 4.23. The van der Waals surface area contributed by atoms with Gasteiger partial charge in [-0.3, -0.25) is 19.4 Å². The van der Waals surface area contributed by atoms with Gasteiger partial charge in [0.2, 0.25) is 5.91 Å². The first-order valence-corrected chi connectivity index (χ1v) is 10.5. The lowest BCUT2D eigenvalue weighted by atomic mass is 9.98. The first kappa shape index (κ1) is 20.8. The topological polar surface area (TPSA) is 95.9 Å². The summed E-state index contributed by atoms with van der Waals surface area (Å²) < 4.78 is 1.93. The highest BCUT2D eigenvalue weighted by atomic mass is 16.2. The zero-order chi connectivity index (χ0) is 22.1. The Morgan fingerprint density at radius 2 is 1.94 bits per heavy atom. The Bertz CT molecular complexity index is 1110. The Labute approximate surface area is 181 Å². The highest BCUT2D eigenvalue weighted by Gasteiger charge is 2.36. The van der Waals surface area contributed by atoms with E-state index in [9.17, 15) is 9.59 Å². The van der Waals surface area contributed by atoms with E-state index in [1.165, 1.54) is 0 Å². The molecule has 1 aliphatic heterocycles. The van der Waals surface area contributed by atoms with Crippen LogP contribution in [0.25, 0.3) is 11.3 Å². The van der Waals surface area contributed by atoms with Crippen molar-refractivity contribution in [2.75, 3.05) is 19.6 Å². The summed E-state index contributed by atoms with van der Waals surface area (Å²) in [5.41, 5.74) is 5.32. The SMILES string of the molecule is Cc1cc(C)n(C(C)CNC(=O)C2CN(C(=O)c3cc(-c4ccccc4C)n[nH]3)C2)n1. The monoisotopic (exact) mass is 420 g/mol. The van der Waals surface area contributed by atoms with Crippen molar-refractivity contribution in [3.8, 4) is 11.3 Å². The number of carbonyl (C=O) groups excluding carboxylic acids is 2. The van der Waals surface area contributed by atoms with Crippen molar-refractivity contribution in [2.45, 2.75) is 33.7 Å². The second-order valence-corrected chi connectivity index (χ2v) is 8.35. The minimum Gasteiger partial charge on any atom is -0.354 e. The number of nitrogens with one attached hydrogen (secondary N) is 2. The number of amides is 2. The minimum atomic E-state index is -0.185. The molecule has 2 N–H and O–H groups in total. The van der Waals surface area contributed by atoms with Crippen LogP contribution in [0.1, 0.15) is 40.4 Å². The number of aromatic nitrogens is 4. The fraction of sp³-hybridized carbons (Fsp3) is 0.391. The molecule has 0 spiro atoms. The lowest BCUT2D eigenvalue weighted by molar-refractivity contribution is -0.129. The molecule has 3 heterocycles. The number of aryl methyl sites for hydroxylation is 3. The molecule has 1 aliphatic rings. The number of benzene rings is 1. The maximum absolute atomic E-state index is 12.7. The number of aromatic amines is 1. The quantitative estimate of drug-likeness (QED) is 0.641. The van der Waals surface area contributed by atoms with Gasteiger partial charge in [0, 0.05) is 30.9 Å². The molecule has 1 atom stereocenters. The second-order valence-electron chi connectivity index (χ2n) is 8.35. The third-order valence-electron chi connectivity index (χ3n) is 5.80. The van der Waals surface area contributed by atoms with E-state index in [1.807, 2.05) is 62.7 Å². The molecule has 0 bridgehead atoms. The van der Waals surface area contributed by atoms with Crippen LogP contribution < -0.4 is 5.32 Å². The Kier molecular flexibility index (Phi) is 5.63. The number of nitrogens with zero attached hydrogens (tertiary/aromatic N) is 4. The first-order valence-electron chi connectivity index (χ1n) is 10.5. The first-order chi connectivity index (χ1) is 14.8. The fourth-order valence-corrected chi connectivity index (χ4v) is 3.98. The number of hydrogen-bond donors (Lipinski definition) is 2. The Morgan fingerprint density at radius 3 is 2.61 bits per heavy atom. The van der Waals surface area contributed by atoms with Gasteiger partial charge in [0.25, 0.3) is 5.91 Å². The van der Waals surface area contributed by atoms with Crippen LogP contribution in [0.4, 0.5) is 0 Å². The molecule has 2 aromatic heterocycles. The van der Waals surface area contributed by atoms with Crippen molar-refractivity contribution in [3.05, 3.63) is 59.0 Å². The summed E-state index contributed by atoms with van der Waals surface area (Å²) in [6, 6.07) is 11.8. The van der Waals surface area contributed by atoms with Crippen LogP contribution in [-0.2, 0) is 4.79 Å². The maximum Gasteiger partial charge on any atom is 0.271 e. The summed E-state index contributed by atoms with van der Waals surface area (Å²) in [5, 5.41) is 14.6. The van der Waals surface area contributed by atoms with Crippen LogP contribution in [0, 0.1) is 26.7 Å². The lowest BCUT2D eigenvalue weighted by Crippen LogP contribution is -2.56. The van der Waals surface area contributed by atoms with Gasteiger partial charge in [-0.1, -0.05) is 24.3 Å².